The summed E-state index contributed by atoms with van der Waals surface area (Å²) in [5.41, 5.74) is 1.75. The Morgan fingerprint density at radius 2 is 1.56 bits per heavy atom. The van der Waals surface area contributed by atoms with Crippen LogP contribution in [0.15, 0.2) is 42.5 Å². The average molecular weight is 342 g/mol. The highest BCUT2D eigenvalue weighted by Crippen LogP contribution is 2.37. The van der Waals surface area contributed by atoms with Gasteiger partial charge in [0.1, 0.15) is 6.61 Å². The van der Waals surface area contributed by atoms with Crippen LogP contribution in [0.25, 0.3) is 0 Å². The third-order valence-electron chi connectivity index (χ3n) is 5.01. The summed E-state index contributed by atoms with van der Waals surface area (Å²) >= 11 is 0. The van der Waals surface area contributed by atoms with Crippen molar-refractivity contribution in [2.45, 2.75) is 52.4 Å². The lowest BCUT2D eigenvalue weighted by Gasteiger charge is -2.32. The van der Waals surface area contributed by atoms with E-state index < -0.39 is 24.1 Å². The first-order valence-corrected chi connectivity index (χ1v) is 8.52. The van der Waals surface area contributed by atoms with Crippen molar-refractivity contribution < 1.29 is 18.4 Å². The molecule has 0 aromatic heterocycles. The SMILES string of the molecule is Cc1ccc(COc2c(F)cccc2B2OC(C)(C)C(C)(C)O2)cc1. The number of halogens is 1. The number of benzene rings is 2. The van der Waals surface area contributed by atoms with E-state index in [2.05, 4.69) is 0 Å². The molecular weight excluding hydrogens is 318 g/mol. The van der Waals surface area contributed by atoms with E-state index in [0.29, 0.717) is 5.46 Å². The summed E-state index contributed by atoms with van der Waals surface area (Å²) in [6.45, 7) is 10.2. The number of para-hydroxylation sites is 1. The minimum absolute atomic E-state index is 0.182. The lowest BCUT2D eigenvalue weighted by atomic mass is 9.78. The highest BCUT2D eigenvalue weighted by Gasteiger charge is 2.52. The summed E-state index contributed by atoms with van der Waals surface area (Å²) in [5.74, 6) is -0.235. The normalized spacial score (nSPS) is 18.4. The van der Waals surface area contributed by atoms with Gasteiger partial charge in [-0.05, 0) is 46.2 Å². The van der Waals surface area contributed by atoms with Crippen LogP contribution in [0.5, 0.6) is 5.75 Å². The molecule has 1 aliphatic heterocycles. The molecule has 0 aliphatic carbocycles. The Morgan fingerprint density at radius 3 is 2.16 bits per heavy atom. The fourth-order valence-electron chi connectivity index (χ4n) is 2.67. The lowest BCUT2D eigenvalue weighted by Crippen LogP contribution is -2.41. The predicted octanol–water partition coefficient (Wildman–Crippen LogP) is 4.01. The van der Waals surface area contributed by atoms with Gasteiger partial charge in [-0.1, -0.05) is 42.0 Å². The number of rotatable bonds is 4. The molecule has 0 spiro atoms. The molecule has 1 heterocycles. The first-order chi connectivity index (χ1) is 11.7. The third kappa shape index (κ3) is 3.58. The standard InChI is InChI=1S/C20H24BFO3/c1-14-9-11-15(12-10-14)13-23-18-16(7-6-8-17(18)22)21-24-19(2,3)20(4,5)25-21/h6-12H,13H2,1-5H3. The molecule has 1 saturated heterocycles. The number of ether oxygens (including phenoxy) is 1. The fraction of sp³-hybridized carbons (Fsp3) is 0.400. The minimum Gasteiger partial charge on any atom is -0.486 e. The van der Waals surface area contributed by atoms with Crippen molar-refractivity contribution in [1.82, 2.24) is 0 Å². The van der Waals surface area contributed by atoms with Crippen molar-refractivity contribution in [2.75, 3.05) is 0 Å². The van der Waals surface area contributed by atoms with Crippen LogP contribution >= 0.6 is 0 Å². The molecule has 1 fully saturated rings. The van der Waals surface area contributed by atoms with Crippen LogP contribution in [0, 0.1) is 12.7 Å². The van der Waals surface area contributed by atoms with Crippen LogP contribution < -0.4 is 10.2 Å². The molecule has 0 unspecified atom stereocenters. The van der Waals surface area contributed by atoms with E-state index >= 15 is 0 Å². The van der Waals surface area contributed by atoms with E-state index in [9.17, 15) is 4.39 Å². The monoisotopic (exact) mass is 342 g/mol. The van der Waals surface area contributed by atoms with Gasteiger partial charge in [-0.3, -0.25) is 0 Å². The molecule has 132 valence electrons. The molecule has 0 amide bonds. The Labute approximate surface area is 149 Å². The Hall–Kier alpha value is -1.85. The van der Waals surface area contributed by atoms with Crippen molar-refractivity contribution in [3.05, 3.63) is 59.4 Å². The Balaban J connectivity index is 1.84. The first-order valence-electron chi connectivity index (χ1n) is 8.52. The van der Waals surface area contributed by atoms with Crippen LogP contribution in [0.1, 0.15) is 38.8 Å². The molecule has 3 rings (SSSR count). The van der Waals surface area contributed by atoms with Crippen molar-refractivity contribution >= 4 is 12.6 Å². The zero-order chi connectivity index (χ0) is 18.2. The molecule has 0 radical (unpaired) electrons. The van der Waals surface area contributed by atoms with Gasteiger partial charge < -0.3 is 14.0 Å². The molecule has 0 bridgehead atoms. The summed E-state index contributed by atoms with van der Waals surface area (Å²) in [7, 11) is -0.659. The number of hydrogen-bond donors (Lipinski definition) is 0. The van der Waals surface area contributed by atoms with Gasteiger partial charge in [0, 0.05) is 5.46 Å². The van der Waals surface area contributed by atoms with E-state index in [0.717, 1.165) is 5.56 Å². The van der Waals surface area contributed by atoms with Crippen LogP contribution in [0.3, 0.4) is 0 Å². The second-order valence-electron chi connectivity index (χ2n) is 7.52. The van der Waals surface area contributed by atoms with Crippen molar-refractivity contribution in [3.63, 3.8) is 0 Å². The summed E-state index contributed by atoms with van der Waals surface area (Å²) in [6.07, 6.45) is 0. The van der Waals surface area contributed by atoms with Crippen molar-refractivity contribution in [2.24, 2.45) is 0 Å². The van der Waals surface area contributed by atoms with Gasteiger partial charge in [0.15, 0.2) is 11.6 Å². The van der Waals surface area contributed by atoms with Gasteiger partial charge in [-0.2, -0.15) is 0 Å². The molecular formula is C20H24BFO3. The topological polar surface area (TPSA) is 27.7 Å². The molecule has 0 saturated carbocycles. The maximum absolute atomic E-state index is 14.4. The molecule has 0 atom stereocenters. The van der Waals surface area contributed by atoms with Gasteiger partial charge >= 0.3 is 7.12 Å². The van der Waals surface area contributed by atoms with Crippen LogP contribution in [-0.4, -0.2) is 18.3 Å². The van der Waals surface area contributed by atoms with Gasteiger partial charge in [-0.15, -0.1) is 0 Å². The Kier molecular flexibility index (Phi) is 4.65. The maximum atomic E-state index is 14.4. The summed E-state index contributed by atoms with van der Waals surface area (Å²) in [6, 6.07) is 12.8. The zero-order valence-corrected chi connectivity index (χ0v) is 15.4. The smallest absolute Gasteiger partial charge is 0.486 e. The number of aryl methyl sites for hydroxylation is 1. The average Bonchev–Trinajstić information content (AvgIpc) is 2.75. The highest BCUT2D eigenvalue weighted by atomic mass is 19.1. The van der Waals surface area contributed by atoms with Crippen molar-refractivity contribution in [1.29, 1.82) is 0 Å². The first kappa shape index (κ1) is 18.0. The second kappa shape index (κ2) is 6.47. The predicted molar refractivity (Wildman–Crippen MR) is 97.6 cm³/mol. The summed E-state index contributed by atoms with van der Waals surface area (Å²) in [5, 5.41) is 0. The molecule has 5 heteroatoms. The largest absolute Gasteiger partial charge is 0.498 e. The van der Waals surface area contributed by atoms with Gasteiger partial charge in [0.25, 0.3) is 0 Å². The van der Waals surface area contributed by atoms with Crippen LogP contribution in [0.4, 0.5) is 4.39 Å². The van der Waals surface area contributed by atoms with Crippen LogP contribution in [-0.2, 0) is 15.9 Å². The Morgan fingerprint density at radius 1 is 0.960 bits per heavy atom. The van der Waals surface area contributed by atoms with Gasteiger partial charge in [-0.25, -0.2) is 4.39 Å². The van der Waals surface area contributed by atoms with Gasteiger partial charge in [0.05, 0.1) is 11.2 Å². The van der Waals surface area contributed by atoms with E-state index in [1.807, 2.05) is 58.9 Å². The molecule has 2 aromatic carbocycles. The van der Waals surface area contributed by atoms with E-state index in [4.69, 9.17) is 14.0 Å². The fourth-order valence-corrected chi connectivity index (χ4v) is 2.67. The van der Waals surface area contributed by atoms with Gasteiger partial charge in [0.2, 0.25) is 0 Å². The quantitative estimate of drug-likeness (QED) is 0.786. The molecule has 2 aromatic rings. The lowest BCUT2D eigenvalue weighted by molar-refractivity contribution is 0.00578. The zero-order valence-electron chi connectivity index (χ0n) is 15.4. The number of hydrogen-bond acceptors (Lipinski definition) is 3. The molecule has 1 aliphatic rings. The molecule has 25 heavy (non-hydrogen) atoms. The third-order valence-corrected chi connectivity index (χ3v) is 5.01. The van der Waals surface area contributed by atoms with Crippen LogP contribution in [0.2, 0.25) is 0 Å². The second-order valence-corrected chi connectivity index (χ2v) is 7.52. The van der Waals surface area contributed by atoms with E-state index in [1.54, 1.807) is 12.1 Å². The summed E-state index contributed by atoms with van der Waals surface area (Å²) in [4.78, 5) is 0. The molecule has 3 nitrogen and oxygen atoms in total. The minimum atomic E-state index is -0.659. The van der Waals surface area contributed by atoms with E-state index in [1.165, 1.54) is 11.6 Å². The maximum Gasteiger partial charge on any atom is 0.498 e. The summed E-state index contributed by atoms with van der Waals surface area (Å²) < 4.78 is 32.3. The highest BCUT2D eigenvalue weighted by molar-refractivity contribution is 6.63. The van der Waals surface area contributed by atoms with E-state index in [-0.39, 0.29) is 12.4 Å². The molecule has 0 N–H and O–H groups in total. The Bertz CT molecular complexity index is 740. The van der Waals surface area contributed by atoms with Crippen molar-refractivity contribution in [3.8, 4) is 5.75 Å².